The molecule has 3 N–H and O–H groups in total. The van der Waals surface area contributed by atoms with Crippen molar-refractivity contribution in [2.24, 2.45) is 5.73 Å². The lowest BCUT2D eigenvalue weighted by molar-refractivity contribution is 0.748. The van der Waals surface area contributed by atoms with Gasteiger partial charge in [0.1, 0.15) is 0 Å². The molecule has 0 radical (unpaired) electrons. The third-order valence-corrected chi connectivity index (χ3v) is 5.85. The first-order valence-corrected chi connectivity index (χ1v) is 10.2. The first-order chi connectivity index (χ1) is 13.7. The number of halogens is 1. The highest BCUT2D eigenvalue weighted by molar-refractivity contribution is 6.32. The fourth-order valence-corrected chi connectivity index (χ4v) is 4.10. The summed E-state index contributed by atoms with van der Waals surface area (Å²) in [5.74, 6) is 0. The lowest BCUT2D eigenvalue weighted by atomic mass is 9.93. The van der Waals surface area contributed by atoms with Gasteiger partial charge in [-0.1, -0.05) is 72.3 Å². The minimum atomic E-state index is 0.725. The van der Waals surface area contributed by atoms with Crippen LogP contribution >= 0.6 is 11.6 Å². The minimum absolute atomic E-state index is 0.725. The standard InChI is InChI=1S/C25H25ClN2/c1-17-23(26)15-14-22-21(13-7-8-16-27)25(28-24(17)22)20-12-6-5-11-19(20)18-9-3-2-4-10-18/h2-6,9-12,14-15,28H,7-8,13,16,27H2,1H3. The van der Waals surface area contributed by atoms with Gasteiger partial charge in [0.05, 0.1) is 11.2 Å². The second-order valence-corrected chi connectivity index (χ2v) is 7.64. The summed E-state index contributed by atoms with van der Waals surface area (Å²) in [5.41, 5.74) is 14.2. The van der Waals surface area contributed by atoms with Gasteiger partial charge in [-0.25, -0.2) is 0 Å². The van der Waals surface area contributed by atoms with Crippen molar-refractivity contribution in [1.29, 1.82) is 0 Å². The van der Waals surface area contributed by atoms with Gasteiger partial charge in [0.25, 0.3) is 0 Å². The summed E-state index contributed by atoms with van der Waals surface area (Å²) in [6, 6.07) is 23.3. The molecule has 1 heterocycles. The Labute approximate surface area is 171 Å². The van der Waals surface area contributed by atoms with E-state index in [2.05, 4.69) is 72.6 Å². The Morgan fingerprint density at radius 1 is 0.857 bits per heavy atom. The molecule has 4 rings (SSSR count). The zero-order chi connectivity index (χ0) is 19.5. The molecule has 0 bridgehead atoms. The number of fused-ring (bicyclic) bond motifs is 1. The van der Waals surface area contributed by atoms with Gasteiger partial charge in [-0.3, -0.25) is 0 Å². The Kier molecular flexibility index (Phi) is 5.52. The SMILES string of the molecule is Cc1c(Cl)ccc2c(CCCCN)c(-c3ccccc3-c3ccccc3)[nH]c12. The lowest BCUT2D eigenvalue weighted by Crippen LogP contribution is -1.99. The predicted octanol–water partition coefficient (Wildman–Crippen LogP) is 6.75. The van der Waals surface area contributed by atoms with Crippen LogP contribution in [-0.2, 0) is 6.42 Å². The van der Waals surface area contributed by atoms with Crippen LogP contribution in [0.3, 0.4) is 0 Å². The van der Waals surface area contributed by atoms with Crippen LogP contribution in [0.5, 0.6) is 0 Å². The van der Waals surface area contributed by atoms with E-state index in [0.29, 0.717) is 0 Å². The van der Waals surface area contributed by atoms with Crippen LogP contribution in [0.25, 0.3) is 33.3 Å². The zero-order valence-corrected chi connectivity index (χ0v) is 16.9. The third-order valence-electron chi connectivity index (χ3n) is 5.44. The van der Waals surface area contributed by atoms with E-state index in [1.165, 1.54) is 33.3 Å². The number of nitrogens with one attached hydrogen (secondary N) is 1. The average Bonchev–Trinajstić information content (AvgIpc) is 3.11. The minimum Gasteiger partial charge on any atom is -0.354 e. The number of hydrogen-bond acceptors (Lipinski definition) is 1. The van der Waals surface area contributed by atoms with Crippen molar-refractivity contribution < 1.29 is 0 Å². The Hall–Kier alpha value is -2.55. The highest BCUT2D eigenvalue weighted by atomic mass is 35.5. The van der Waals surface area contributed by atoms with E-state index in [4.69, 9.17) is 17.3 Å². The fraction of sp³-hybridized carbons (Fsp3) is 0.200. The molecule has 0 aliphatic heterocycles. The van der Waals surface area contributed by atoms with E-state index < -0.39 is 0 Å². The van der Waals surface area contributed by atoms with E-state index in [9.17, 15) is 0 Å². The number of benzene rings is 3. The molecule has 3 heteroatoms. The molecule has 0 aliphatic rings. The molecular weight excluding hydrogens is 364 g/mol. The summed E-state index contributed by atoms with van der Waals surface area (Å²) in [6.45, 7) is 2.81. The lowest BCUT2D eigenvalue weighted by Gasteiger charge is -2.11. The van der Waals surface area contributed by atoms with Crippen molar-refractivity contribution in [3.05, 3.63) is 82.9 Å². The van der Waals surface area contributed by atoms with Crippen LogP contribution in [0.1, 0.15) is 24.0 Å². The molecule has 0 atom stereocenters. The van der Waals surface area contributed by atoms with Crippen molar-refractivity contribution in [3.63, 3.8) is 0 Å². The maximum absolute atomic E-state index is 6.41. The molecule has 0 unspecified atom stereocenters. The summed E-state index contributed by atoms with van der Waals surface area (Å²) in [4.78, 5) is 3.71. The molecule has 1 aromatic heterocycles. The number of unbranched alkanes of at least 4 members (excludes halogenated alkanes) is 1. The van der Waals surface area contributed by atoms with Gasteiger partial charge in [-0.15, -0.1) is 0 Å². The van der Waals surface area contributed by atoms with Gasteiger partial charge in [0.2, 0.25) is 0 Å². The number of aryl methyl sites for hydroxylation is 2. The quantitative estimate of drug-likeness (QED) is 0.352. The van der Waals surface area contributed by atoms with Gasteiger partial charge in [-0.05, 0) is 61.1 Å². The monoisotopic (exact) mass is 388 g/mol. The highest BCUT2D eigenvalue weighted by Gasteiger charge is 2.18. The first kappa shape index (κ1) is 18.8. The van der Waals surface area contributed by atoms with Crippen LogP contribution < -0.4 is 5.73 Å². The van der Waals surface area contributed by atoms with Crippen molar-refractivity contribution in [1.82, 2.24) is 4.98 Å². The van der Waals surface area contributed by atoms with E-state index in [0.717, 1.165) is 41.9 Å². The molecule has 2 nitrogen and oxygen atoms in total. The Bertz CT molecular complexity index is 1100. The van der Waals surface area contributed by atoms with E-state index >= 15 is 0 Å². The molecular formula is C25H25ClN2. The number of rotatable bonds is 6. The van der Waals surface area contributed by atoms with Gasteiger partial charge in [-0.2, -0.15) is 0 Å². The molecule has 0 fully saturated rings. The molecule has 0 spiro atoms. The third kappa shape index (κ3) is 3.46. The molecule has 0 saturated heterocycles. The summed E-state index contributed by atoms with van der Waals surface area (Å²) >= 11 is 6.41. The number of aromatic nitrogens is 1. The van der Waals surface area contributed by atoms with Crippen molar-refractivity contribution in [3.8, 4) is 22.4 Å². The largest absolute Gasteiger partial charge is 0.354 e. The normalized spacial score (nSPS) is 11.2. The molecule has 3 aromatic carbocycles. The summed E-state index contributed by atoms with van der Waals surface area (Å²) < 4.78 is 0. The molecule has 0 aliphatic carbocycles. The van der Waals surface area contributed by atoms with Crippen molar-refractivity contribution in [2.45, 2.75) is 26.2 Å². The van der Waals surface area contributed by atoms with Crippen LogP contribution in [0.2, 0.25) is 5.02 Å². The number of H-pyrrole nitrogens is 1. The molecule has 142 valence electrons. The number of aromatic amines is 1. The fourth-order valence-electron chi connectivity index (χ4n) is 3.94. The van der Waals surface area contributed by atoms with Crippen LogP contribution in [0, 0.1) is 6.92 Å². The van der Waals surface area contributed by atoms with Gasteiger partial charge >= 0.3 is 0 Å². The Morgan fingerprint density at radius 2 is 1.57 bits per heavy atom. The average molecular weight is 389 g/mol. The van der Waals surface area contributed by atoms with E-state index in [1.54, 1.807) is 0 Å². The predicted molar refractivity (Wildman–Crippen MR) is 121 cm³/mol. The van der Waals surface area contributed by atoms with Crippen molar-refractivity contribution in [2.75, 3.05) is 6.54 Å². The summed E-state index contributed by atoms with van der Waals surface area (Å²) in [6.07, 6.45) is 3.10. The zero-order valence-electron chi connectivity index (χ0n) is 16.1. The number of nitrogens with two attached hydrogens (primary N) is 1. The highest BCUT2D eigenvalue weighted by Crippen LogP contribution is 2.39. The maximum Gasteiger partial charge on any atom is 0.0506 e. The summed E-state index contributed by atoms with van der Waals surface area (Å²) in [7, 11) is 0. The molecule has 28 heavy (non-hydrogen) atoms. The molecule has 0 amide bonds. The smallest absolute Gasteiger partial charge is 0.0506 e. The van der Waals surface area contributed by atoms with E-state index in [-0.39, 0.29) is 0 Å². The van der Waals surface area contributed by atoms with Crippen LogP contribution in [0.15, 0.2) is 66.7 Å². The van der Waals surface area contributed by atoms with Gasteiger partial charge in [0, 0.05) is 16.0 Å². The Balaban J connectivity index is 1.94. The van der Waals surface area contributed by atoms with Crippen LogP contribution in [0.4, 0.5) is 0 Å². The second-order valence-electron chi connectivity index (χ2n) is 7.23. The number of hydrogen-bond donors (Lipinski definition) is 2. The van der Waals surface area contributed by atoms with Gasteiger partial charge in [0.15, 0.2) is 0 Å². The maximum atomic E-state index is 6.41. The van der Waals surface area contributed by atoms with Crippen LogP contribution in [-0.4, -0.2) is 11.5 Å². The summed E-state index contributed by atoms with van der Waals surface area (Å²) in [5, 5.41) is 2.06. The van der Waals surface area contributed by atoms with Crippen molar-refractivity contribution >= 4 is 22.5 Å². The van der Waals surface area contributed by atoms with E-state index in [1.807, 2.05) is 6.07 Å². The molecule has 0 saturated carbocycles. The first-order valence-electron chi connectivity index (χ1n) is 9.85. The second kappa shape index (κ2) is 8.22. The topological polar surface area (TPSA) is 41.8 Å². The molecule has 4 aromatic rings. The Morgan fingerprint density at radius 3 is 2.32 bits per heavy atom. The van der Waals surface area contributed by atoms with Gasteiger partial charge < -0.3 is 10.7 Å².